The van der Waals surface area contributed by atoms with Gasteiger partial charge in [0.2, 0.25) is 0 Å². The summed E-state index contributed by atoms with van der Waals surface area (Å²) in [5, 5.41) is 9.15. The molecule has 0 unspecified atom stereocenters. The van der Waals surface area contributed by atoms with Crippen LogP contribution in [0.3, 0.4) is 0 Å². The normalized spacial score (nSPS) is 10.4. The lowest BCUT2D eigenvalue weighted by molar-refractivity contribution is 0.469. The van der Waals surface area contributed by atoms with Crippen molar-refractivity contribution in [3.8, 4) is 16.9 Å². The van der Waals surface area contributed by atoms with Gasteiger partial charge in [-0.25, -0.2) is 4.39 Å². The summed E-state index contributed by atoms with van der Waals surface area (Å²) in [6, 6.07) is 12.0. The smallest absolute Gasteiger partial charge is 0.134 e. The molecule has 1 nitrogen and oxygen atoms in total. The molecule has 0 radical (unpaired) electrons. The predicted molar refractivity (Wildman–Crippen MR) is 62.9 cm³/mol. The first-order valence-corrected chi connectivity index (χ1v) is 5.28. The number of rotatable bonds is 2. The van der Waals surface area contributed by atoms with E-state index in [0.29, 0.717) is 5.56 Å². The molecule has 16 heavy (non-hydrogen) atoms. The molecule has 0 heterocycles. The molecule has 82 valence electrons. The minimum absolute atomic E-state index is 0.0482. The van der Waals surface area contributed by atoms with Crippen LogP contribution in [0, 0.1) is 5.82 Å². The van der Waals surface area contributed by atoms with Crippen molar-refractivity contribution in [2.75, 3.05) is 0 Å². The molecule has 2 rings (SSSR count). The zero-order chi connectivity index (χ0) is 11.5. The van der Waals surface area contributed by atoms with Crippen LogP contribution in [0.15, 0.2) is 42.5 Å². The maximum absolute atomic E-state index is 13.6. The lowest BCUT2D eigenvalue weighted by Crippen LogP contribution is -1.86. The Morgan fingerprint density at radius 2 is 1.94 bits per heavy atom. The Bertz CT molecular complexity index is 506. The van der Waals surface area contributed by atoms with E-state index in [9.17, 15) is 4.39 Å². The molecule has 0 atom stereocenters. The highest BCUT2D eigenvalue weighted by atomic mass is 19.1. The van der Waals surface area contributed by atoms with Crippen molar-refractivity contribution in [1.29, 1.82) is 0 Å². The van der Waals surface area contributed by atoms with Crippen LogP contribution in [0.1, 0.15) is 12.5 Å². The topological polar surface area (TPSA) is 20.2 Å². The Balaban J connectivity index is 2.49. The summed E-state index contributed by atoms with van der Waals surface area (Å²) in [6.07, 6.45) is 0.924. The van der Waals surface area contributed by atoms with Gasteiger partial charge >= 0.3 is 0 Å². The summed E-state index contributed by atoms with van der Waals surface area (Å²) in [5.74, 6) is -0.443. The summed E-state index contributed by atoms with van der Waals surface area (Å²) in [4.78, 5) is 0. The van der Waals surface area contributed by atoms with Gasteiger partial charge in [0.05, 0.1) is 0 Å². The lowest BCUT2D eigenvalue weighted by Gasteiger charge is -2.05. The second-order valence-electron chi connectivity index (χ2n) is 3.72. The molecule has 0 aliphatic heterocycles. The number of hydrogen-bond acceptors (Lipinski definition) is 1. The molecule has 2 aromatic carbocycles. The van der Waals surface area contributed by atoms with Gasteiger partial charge in [0.1, 0.15) is 11.6 Å². The van der Waals surface area contributed by atoms with Crippen molar-refractivity contribution in [2.45, 2.75) is 13.3 Å². The standard InChI is InChI=1S/C14H13FO/c1-2-10-4-3-5-11(8-10)13-7-6-12(16)9-14(13)15/h3-9,16H,2H2,1H3. The van der Waals surface area contributed by atoms with Crippen molar-refractivity contribution < 1.29 is 9.50 Å². The first-order valence-electron chi connectivity index (χ1n) is 5.28. The van der Waals surface area contributed by atoms with Crippen molar-refractivity contribution >= 4 is 0 Å². The number of phenolic OH excluding ortho intramolecular Hbond substituents is 1. The molecule has 0 saturated carbocycles. The Morgan fingerprint density at radius 3 is 2.62 bits per heavy atom. The van der Waals surface area contributed by atoms with Crippen LogP contribution in [0.4, 0.5) is 4.39 Å². The van der Waals surface area contributed by atoms with Gasteiger partial charge in [-0.15, -0.1) is 0 Å². The maximum atomic E-state index is 13.6. The third-order valence-electron chi connectivity index (χ3n) is 2.60. The van der Waals surface area contributed by atoms with Crippen molar-refractivity contribution in [3.63, 3.8) is 0 Å². The summed E-state index contributed by atoms with van der Waals surface area (Å²) >= 11 is 0. The Morgan fingerprint density at radius 1 is 1.12 bits per heavy atom. The molecular weight excluding hydrogens is 203 g/mol. The summed E-state index contributed by atoms with van der Waals surface area (Å²) < 4.78 is 13.6. The Kier molecular flexibility index (Phi) is 2.91. The fourth-order valence-corrected chi connectivity index (χ4v) is 1.70. The van der Waals surface area contributed by atoms with Gasteiger partial charge in [-0.1, -0.05) is 31.2 Å². The molecule has 0 bridgehead atoms. The fraction of sp³-hybridized carbons (Fsp3) is 0.143. The second-order valence-corrected chi connectivity index (χ2v) is 3.72. The van der Waals surface area contributed by atoms with Gasteiger partial charge in [-0.3, -0.25) is 0 Å². The number of benzene rings is 2. The van der Waals surface area contributed by atoms with Crippen LogP contribution in [-0.2, 0) is 6.42 Å². The number of aromatic hydroxyl groups is 1. The van der Waals surface area contributed by atoms with Crippen molar-refractivity contribution in [3.05, 3.63) is 53.8 Å². The SMILES string of the molecule is CCc1cccc(-c2ccc(O)cc2F)c1. The fourth-order valence-electron chi connectivity index (χ4n) is 1.70. The molecule has 2 heteroatoms. The van der Waals surface area contributed by atoms with Gasteiger partial charge in [0.25, 0.3) is 0 Å². The van der Waals surface area contributed by atoms with Gasteiger partial charge in [0, 0.05) is 11.6 Å². The van der Waals surface area contributed by atoms with E-state index < -0.39 is 5.82 Å². The Hall–Kier alpha value is -1.83. The van der Waals surface area contributed by atoms with E-state index in [1.807, 2.05) is 24.3 Å². The predicted octanol–water partition coefficient (Wildman–Crippen LogP) is 3.76. The van der Waals surface area contributed by atoms with Crippen LogP contribution in [0.5, 0.6) is 5.75 Å². The highest BCUT2D eigenvalue weighted by molar-refractivity contribution is 5.65. The van der Waals surface area contributed by atoms with Gasteiger partial charge < -0.3 is 5.11 Å². The van der Waals surface area contributed by atoms with Crippen LogP contribution in [-0.4, -0.2) is 5.11 Å². The summed E-state index contributed by atoms with van der Waals surface area (Å²) in [5.41, 5.74) is 2.54. The zero-order valence-corrected chi connectivity index (χ0v) is 9.07. The van der Waals surface area contributed by atoms with Crippen LogP contribution in [0.25, 0.3) is 11.1 Å². The zero-order valence-electron chi connectivity index (χ0n) is 9.07. The van der Waals surface area contributed by atoms with Gasteiger partial charge in [-0.2, -0.15) is 0 Å². The molecule has 0 fully saturated rings. The van der Waals surface area contributed by atoms with E-state index >= 15 is 0 Å². The molecule has 0 aliphatic carbocycles. The number of aryl methyl sites for hydroxylation is 1. The minimum atomic E-state index is -0.395. The van der Waals surface area contributed by atoms with Gasteiger partial charge in [-0.05, 0) is 29.7 Å². The number of phenols is 1. The number of halogens is 1. The molecular formula is C14H13FO. The van der Waals surface area contributed by atoms with E-state index in [2.05, 4.69) is 6.92 Å². The van der Waals surface area contributed by atoms with Crippen LogP contribution < -0.4 is 0 Å². The molecule has 0 aromatic heterocycles. The highest BCUT2D eigenvalue weighted by Gasteiger charge is 2.05. The molecule has 1 N–H and O–H groups in total. The van der Waals surface area contributed by atoms with Crippen LogP contribution >= 0.6 is 0 Å². The summed E-state index contributed by atoms with van der Waals surface area (Å²) in [7, 11) is 0. The molecule has 0 amide bonds. The van der Waals surface area contributed by atoms with E-state index in [-0.39, 0.29) is 5.75 Å². The summed E-state index contributed by atoms with van der Waals surface area (Å²) in [6.45, 7) is 2.06. The van der Waals surface area contributed by atoms with Crippen LogP contribution in [0.2, 0.25) is 0 Å². The highest BCUT2D eigenvalue weighted by Crippen LogP contribution is 2.26. The largest absolute Gasteiger partial charge is 0.508 e. The van der Waals surface area contributed by atoms with Crippen molar-refractivity contribution in [1.82, 2.24) is 0 Å². The average molecular weight is 216 g/mol. The average Bonchev–Trinajstić information content (AvgIpc) is 2.29. The third kappa shape index (κ3) is 2.06. The van der Waals surface area contributed by atoms with E-state index in [1.165, 1.54) is 11.6 Å². The molecule has 2 aromatic rings. The Labute approximate surface area is 94.2 Å². The molecule has 0 aliphatic rings. The monoisotopic (exact) mass is 216 g/mol. The third-order valence-corrected chi connectivity index (χ3v) is 2.60. The lowest BCUT2D eigenvalue weighted by atomic mass is 10.0. The molecule has 0 spiro atoms. The first-order chi connectivity index (χ1) is 7.70. The van der Waals surface area contributed by atoms with E-state index in [4.69, 9.17) is 5.11 Å². The maximum Gasteiger partial charge on any atom is 0.134 e. The van der Waals surface area contributed by atoms with E-state index in [1.54, 1.807) is 6.07 Å². The van der Waals surface area contributed by atoms with Crippen molar-refractivity contribution in [2.24, 2.45) is 0 Å². The molecule has 0 saturated heterocycles. The minimum Gasteiger partial charge on any atom is -0.508 e. The quantitative estimate of drug-likeness (QED) is 0.810. The first kappa shape index (κ1) is 10.7. The van der Waals surface area contributed by atoms with E-state index in [0.717, 1.165) is 18.1 Å². The van der Waals surface area contributed by atoms with Gasteiger partial charge in [0.15, 0.2) is 0 Å². The number of hydrogen-bond donors (Lipinski definition) is 1. The second kappa shape index (κ2) is 4.35.